The van der Waals surface area contributed by atoms with Crippen molar-refractivity contribution in [2.45, 2.75) is 19.9 Å². The van der Waals surface area contributed by atoms with Gasteiger partial charge in [0.2, 0.25) is 16.8 Å². The quantitative estimate of drug-likeness (QED) is 0.840. The third kappa shape index (κ3) is 3.57. The molecule has 5 nitrogen and oxygen atoms in total. The van der Waals surface area contributed by atoms with Gasteiger partial charge in [0.15, 0.2) is 0 Å². The lowest BCUT2D eigenvalue weighted by atomic mass is 10.3. The predicted octanol–water partition coefficient (Wildman–Crippen LogP) is 1.80. The Morgan fingerprint density at radius 3 is 2.71 bits per heavy atom. The molecule has 0 aromatic carbocycles. The van der Waals surface area contributed by atoms with Gasteiger partial charge < -0.3 is 4.74 Å². The molecule has 0 aliphatic rings. The van der Waals surface area contributed by atoms with Gasteiger partial charge >= 0.3 is 0 Å². The number of halogens is 1. The second-order valence-corrected chi connectivity index (χ2v) is 5.32. The third-order valence-electron chi connectivity index (χ3n) is 1.95. The van der Waals surface area contributed by atoms with Gasteiger partial charge in [-0.1, -0.05) is 0 Å². The van der Waals surface area contributed by atoms with Gasteiger partial charge in [0.25, 0.3) is 0 Å². The van der Waals surface area contributed by atoms with Crippen LogP contribution in [0.25, 0.3) is 0 Å². The van der Waals surface area contributed by atoms with E-state index in [2.05, 4.69) is 27.8 Å². The van der Waals surface area contributed by atoms with Gasteiger partial charge in [-0.15, -0.1) is 0 Å². The summed E-state index contributed by atoms with van der Waals surface area (Å²) in [6.45, 7) is 7.29. The van der Waals surface area contributed by atoms with E-state index in [9.17, 15) is 8.42 Å². The molecular weight excluding hydrogens is 308 g/mol. The Balaban J connectivity index is 3.29. The Kier molecular flexibility index (Phi) is 5.20. The Labute approximate surface area is 111 Å². The van der Waals surface area contributed by atoms with E-state index in [1.54, 1.807) is 26.1 Å². The molecule has 1 rings (SSSR count). The Morgan fingerprint density at radius 2 is 2.24 bits per heavy atom. The molecule has 1 radical (unpaired) electrons. The van der Waals surface area contributed by atoms with Crippen LogP contribution in [0.5, 0.6) is 5.88 Å². The highest BCUT2D eigenvalue weighted by atomic mass is 79.9. The monoisotopic (exact) mass is 321 g/mol. The summed E-state index contributed by atoms with van der Waals surface area (Å²) in [4.78, 5) is 4.04. The molecule has 1 heterocycles. The summed E-state index contributed by atoms with van der Waals surface area (Å²) in [6, 6.07) is 1.45. The molecule has 0 spiro atoms. The number of thiol groups is 1. The van der Waals surface area contributed by atoms with Crippen LogP contribution in [0.4, 0.5) is 5.69 Å². The van der Waals surface area contributed by atoms with Crippen molar-refractivity contribution in [2.24, 2.45) is 0 Å². The number of hydrogen-bond acceptors (Lipinski definition) is 4. The zero-order valence-corrected chi connectivity index (χ0v) is 12.1. The first-order valence-corrected chi connectivity index (χ1v) is 6.90. The number of hydrogen-bond donors (Lipinski definition) is 1. The molecule has 0 saturated heterocycles. The van der Waals surface area contributed by atoms with Gasteiger partial charge in [-0.3, -0.25) is 4.31 Å². The van der Waals surface area contributed by atoms with Crippen molar-refractivity contribution in [3.63, 3.8) is 0 Å². The predicted molar refractivity (Wildman–Crippen MR) is 70.7 cm³/mol. The molecular formula is C10H14BrN2O3S. The van der Waals surface area contributed by atoms with Crippen LogP contribution >= 0.6 is 15.9 Å². The lowest BCUT2D eigenvalue weighted by molar-refractivity contribution is 0.347. The number of nitrogens with zero attached hydrogens (tertiary/aromatic N) is 2. The molecule has 0 aliphatic carbocycles. The number of aromatic nitrogens is 1. The topological polar surface area (TPSA) is 59.5 Å². The SMILES string of the molecule is [CH2]COc1ncc(Br)cc1N(C(C)C)[SH](=O)=O. The molecule has 1 aromatic rings. The molecule has 0 bridgehead atoms. The number of anilines is 1. The average molecular weight is 322 g/mol. The maximum absolute atomic E-state index is 11.3. The van der Waals surface area contributed by atoms with Crippen molar-refractivity contribution in [1.29, 1.82) is 0 Å². The van der Waals surface area contributed by atoms with Crippen LogP contribution in [0.1, 0.15) is 13.8 Å². The zero-order chi connectivity index (χ0) is 13.0. The van der Waals surface area contributed by atoms with Crippen molar-refractivity contribution in [2.75, 3.05) is 10.9 Å². The van der Waals surface area contributed by atoms with Crippen LogP contribution in [0, 0.1) is 6.92 Å². The maximum Gasteiger partial charge on any atom is 0.238 e. The van der Waals surface area contributed by atoms with Crippen molar-refractivity contribution < 1.29 is 13.2 Å². The van der Waals surface area contributed by atoms with Gasteiger partial charge in [0.1, 0.15) is 5.69 Å². The van der Waals surface area contributed by atoms with E-state index in [1.807, 2.05) is 0 Å². The minimum atomic E-state index is -2.75. The minimum absolute atomic E-state index is 0.184. The van der Waals surface area contributed by atoms with Crippen molar-refractivity contribution >= 4 is 32.5 Å². The normalized spacial score (nSPS) is 10.9. The first-order valence-electron chi connectivity index (χ1n) is 4.98. The van der Waals surface area contributed by atoms with Gasteiger partial charge in [-0.05, 0) is 42.8 Å². The fourth-order valence-electron chi connectivity index (χ4n) is 1.34. The maximum atomic E-state index is 11.3. The summed E-state index contributed by atoms with van der Waals surface area (Å²) in [5, 5.41) is 0. The number of ether oxygens (including phenoxy) is 1. The highest BCUT2D eigenvalue weighted by Gasteiger charge is 2.19. The zero-order valence-electron chi connectivity index (χ0n) is 9.59. The molecule has 0 aliphatic heterocycles. The van der Waals surface area contributed by atoms with Crippen molar-refractivity contribution in [1.82, 2.24) is 4.98 Å². The van der Waals surface area contributed by atoms with Crippen molar-refractivity contribution in [3.8, 4) is 5.88 Å². The van der Waals surface area contributed by atoms with E-state index in [4.69, 9.17) is 4.74 Å². The van der Waals surface area contributed by atoms with Crippen LogP contribution in [-0.4, -0.2) is 26.1 Å². The number of pyridine rings is 1. The summed E-state index contributed by atoms with van der Waals surface area (Å²) < 4.78 is 29.7. The third-order valence-corrected chi connectivity index (χ3v) is 3.41. The summed E-state index contributed by atoms with van der Waals surface area (Å²) >= 11 is 3.26. The molecule has 0 atom stereocenters. The molecule has 0 amide bonds. The smallest absolute Gasteiger partial charge is 0.238 e. The van der Waals surface area contributed by atoms with E-state index in [1.165, 1.54) is 4.31 Å². The standard InChI is InChI=1S/C10H14BrN2O3S/c1-4-16-10-9(5-8(11)6-12-10)13(7(2)3)17(14)15/h5-7,17H,1,4H2,2-3H3. The van der Waals surface area contributed by atoms with Crippen LogP contribution < -0.4 is 9.04 Å². The highest BCUT2D eigenvalue weighted by molar-refractivity contribution is 9.10. The van der Waals surface area contributed by atoms with Gasteiger partial charge in [0, 0.05) is 16.7 Å². The summed E-state index contributed by atoms with van der Waals surface area (Å²) in [6.07, 6.45) is 1.55. The van der Waals surface area contributed by atoms with Gasteiger partial charge in [0.05, 0.1) is 6.61 Å². The largest absolute Gasteiger partial charge is 0.476 e. The van der Waals surface area contributed by atoms with Crippen LogP contribution in [-0.2, 0) is 10.9 Å². The molecule has 0 N–H and O–H groups in total. The molecule has 95 valence electrons. The molecule has 0 unspecified atom stereocenters. The fourth-order valence-corrected chi connectivity index (χ4v) is 2.36. The summed E-state index contributed by atoms with van der Waals surface area (Å²) in [5.41, 5.74) is 0.411. The second kappa shape index (κ2) is 6.20. The van der Waals surface area contributed by atoms with E-state index in [0.717, 1.165) is 0 Å². The van der Waals surface area contributed by atoms with E-state index >= 15 is 0 Å². The second-order valence-electron chi connectivity index (χ2n) is 3.50. The Hall–Kier alpha value is -0.820. The molecule has 7 heteroatoms. The lowest BCUT2D eigenvalue weighted by Crippen LogP contribution is -2.29. The van der Waals surface area contributed by atoms with Crippen molar-refractivity contribution in [3.05, 3.63) is 23.7 Å². The Bertz CT molecular complexity index is 455. The van der Waals surface area contributed by atoms with Crippen LogP contribution in [0.2, 0.25) is 0 Å². The molecule has 0 saturated carbocycles. The average Bonchev–Trinajstić information content (AvgIpc) is 2.21. The Morgan fingerprint density at radius 1 is 1.59 bits per heavy atom. The molecule has 1 aromatic heterocycles. The highest BCUT2D eigenvalue weighted by Crippen LogP contribution is 2.30. The fraction of sp³-hybridized carbons (Fsp3) is 0.400. The number of rotatable bonds is 5. The van der Waals surface area contributed by atoms with E-state index in [-0.39, 0.29) is 18.5 Å². The first-order chi connectivity index (χ1) is 7.97. The summed E-state index contributed by atoms with van der Waals surface area (Å²) in [7, 11) is -2.75. The van der Waals surface area contributed by atoms with Crippen LogP contribution in [0.15, 0.2) is 16.7 Å². The van der Waals surface area contributed by atoms with Gasteiger partial charge in [-0.25, -0.2) is 13.4 Å². The molecule has 17 heavy (non-hydrogen) atoms. The van der Waals surface area contributed by atoms with E-state index in [0.29, 0.717) is 10.2 Å². The summed E-state index contributed by atoms with van der Waals surface area (Å²) in [5.74, 6) is 0.260. The van der Waals surface area contributed by atoms with E-state index < -0.39 is 10.9 Å². The first kappa shape index (κ1) is 14.2. The van der Waals surface area contributed by atoms with Gasteiger partial charge in [-0.2, -0.15) is 0 Å². The minimum Gasteiger partial charge on any atom is -0.476 e. The van der Waals surface area contributed by atoms with Crippen LogP contribution in [0.3, 0.4) is 0 Å². The lowest BCUT2D eigenvalue weighted by Gasteiger charge is -2.23. The molecule has 0 fully saturated rings.